The maximum Gasteiger partial charge on any atom is 0.243 e. The van der Waals surface area contributed by atoms with E-state index in [-0.39, 0.29) is 17.6 Å². The van der Waals surface area contributed by atoms with Crippen molar-refractivity contribution in [1.29, 1.82) is 0 Å². The van der Waals surface area contributed by atoms with Crippen LogP contribution in [0.15, 0.2) is 30.3 Å². The Morgan fingerprint density at radius 3 is 2.52 bits per heavy atom. The first-order valence-corrected chi connectivity index (χ1v) is 7.59. The van der Waals surface area contributed by atoms with Crippen LogP contribution >= 0.6 is 12.6 Å². The monoisotopic (exact) mass is 309 g/mol. The smallest absolute Gasteiger partial charge is 0.243 e. The Balaban J connectivity index is 2.27. The molecule has 2 amide bonds. The first-order valence-electron chi connectivity index (χ1n) is 6.96. The number of hydrogen-bond donors (Lipinski definition) is 3. The van der Waals surface area contributed by atoms with Gasteiger partial charge in [0.2, 0.25) is 11.8 Å². The van der Waals surface area contributed by atoms with E-state index < -0.39 is 6.04 Å². The predicted molar refractivity (Wildman–Crippen MR) is 88.8 cm³/mol. The third kappa shape index (κ3) is 6.53. The van der Waals surface area contributed by atoms with Crippen molar-refractivity contribution < 1.29 is 9.59 Å². The molecule has 0 aliphatic heterocycles. The minimum absolute atomic E-state index is 0.192. The summed E-state index contributed by atoms with van der Waals surface area (Å²) in [6, 6.07) is 9.50. The molecule has 0 bridgehead atoms. The fourth-order valence-electron chi connectivity index (χ4n) is 1.90. The number of para-hydroxylation sites is 1. The highest BCUT2D eigenvalue weighted by molar-refractivity contribution is 7.80. The van der Waals surface area contributed by atoms with Gasteiger partial charge in [0.15, 0.2) is 0 Å². The maximum absolute atomic E-state index is 11.8. The quantitative estimate of drug-likeness (QED) is 0.497. The fraction of sp³-hybridized carbons (Fsp3) is 0.467. The molecule has 1 atom stereocenters. The van der Waals surface area contributed by atoms with Gasteiger partial charge in [-0.2, -0.15) is 12.6 Å². The predicted octanol–water partition coefficient (Wildman–Crippen LogP) is 1.06. The first-order chi connectivity index (χ1) is 10.0. The molecule has 0 saturated heterocycles. The second kappa shape index (κ2) is 9.28. The van der Waals surface area contributed by atoms with Gasteiger partial charge in [0.25, 0.3) is 0 Å². The SMILES string of the molecule is CC(=O)NC(CS)C(=O)NCCCN(C)c1ccccc1. The lowest BCUT2D eigenvalue weighted by Gasteiger charge is -2.20. The lowest BCUT2D eigenvalue weighted by Crippen LogP contribution is -2.47. The molecule has 1 aromatic rings. The van der Waals surface area contributed by atoms with E-state index in [0.717, 1.165) is 18.7 Å². The van der Waals surface area contributed by atoms with Crippen molar-refractivity contribution in [3.8, 4) is 0 Å². The molecule has 0 radical (unpaired) electrons. The number of benzene rings is 1. The molecule has 1 aromatic carbocycles. The molecule has 116 valence electrons. The molecule has 21 heavy (non-hydrogen) atoms. The van der Waals surface area contributed by atoms with E-state index in [1.807, 2.05) is 37.4 Å². The number of thiol groups is 1. The summed E-state index contributed by atoms with van der Waals surface area (Å²) in [5.74, 6) is -0.134. The van der Waals surface area contributed by atoms with Gasteiger partial charge < -0.3 is 15.5 Å². The molecule has 2 N–H and O–H groups in total. The van der Waals surface area contributed by atoms with Gasteiger partial charge in [0.05, 0.1) is 0 Å². The van der Waals surface area contributed by atoms with E-state index in [1.54, 1.807) is 0 Å². The topological polar surface area (TPSA) is 61.4 Å². The molecule has 0 aromatic heterocycles. The Hall–Kier alpha value is -1.69. The Bertz CT molecular complexity index is 453. The summed E-state index contributed by atoms with van der Waals surface area (Å²) in [7, 11) is 2.02. The lowest BCUT2D eigenvalue weighted by molar-refractivity contribution is -0.127. The fourth-order valence-corrected chi connectivity index (χ4v) is 2.16. The summed E-state index contributed by atoms with van der Waals surface area (Å²) < 4.78 is 0. The van der Waals surface area contributed by atoms with Crippen LogP contribution in [-0.4, -0.2) is 43.7 Å². The van der Waals surface area contributed by atoms with Crippen LogP contribution in [0.25, 0.3) is 0 Å². The summed E-state index contributed by atoms with van der Waals surface area (Å²) >= 11 is 4.07. The molecule has 0 aliphatic carbocycles. The van der Waals surface area contributed by atoms with E-state index in [9.17, 15) is 9.59 Å². The lowest BCUT2D eigenvalue weighted by atomic mass is 10.2. The average molecular weight is 309 g/mol. The molecule has 0 heterocycles. The maximum atomic E-state index is 11.8. The van der Waals surface area contributed by atoms with Crippen molar-refractivity contribution in [2.24, 2.45) is 0 Å². The Kier molecular flexibility index (Phi) is 7.68. The summed E-state index contributed by atoms with van der Waals surface area (Å²) in [5.41, 5.74) is 1.15. The number of rotatable bonds is 8. The number of amides is 2. The summed E-state index contributed by atoms with van der Waals surface area (Å²) in [6.45, 7) is 2.80. The summed E-state index contributed by atoms with van der Waals surface area (Å²) in [6.07, 6.45) is 0.830. The van der Waals surface area contributed by atoms with Crippen molar-refractivity contribution in [3.05, 3.63) is 30.3 Å². The van der Waals surface area contributed by atoms with Crippen LogP contribution in [0.1, 0.15) is 13.3 Å². The molecule has 6 heteroatoms. The van der Waals surface area contributed by atoms with E-state index in [0.29, 0.717) is 6.54 Å². The second-order valence-electron chi connectivity index (χ2n) is 4.84. The number of anilines is 1. The minimum Gasteiger partial charge on any atom is -0.375 e. The van der Waals surface area contributed by atoms with Crippen LogP contribution in [0.5, 0.6) is 0 Å². The van der Waals surface area contributed by atoms with Gasteiger partial charge in [-0.1, -0.05) is 18.2 Å². The van der Waals surface area contributed by atoms with Crippen molar-refractivity contribution in [2.75, 3.05) is 30.8 Å². The van der Waals surface area contributed by atoms with Crippen molar-refractivity contribution in [1.82, 2.24) is 10.6 Å². The third-order valence-corrected chi connectivity index (χ3v) is 3.41. The Morgan fingerprint density at radius 1 is 1.29 bits per heavy atom. The van der Waals surface area contributed by atoms with Gasteiger partial charge in [-0.05, 0) is 18.6 Å². The van der Waals surface area contributed by atoms with Gasteiger partial charge in [0, 0.05) is 38.5 Å². The number of hydrogen-bond acceptors (Lipinski definition) is 4. The molecular formula is C15H23N3O2S. The van der Waals surface area contributed by atoms with Crippen molar-refractivity contribution in [2.45, 2.75) is 19.4 Å². The van der Waals surface area contributed by atoms with Gasteiger partial charge in [-0.15, -0.1) is 0 Å². The standard InChI is InChI=1S/C15H23N3O2S/c1-12(19)17-14(11-21)15(20)16-9-6-10-18(2)13-7-4-3-5-8-13/h3-5,7-8,14,21H,6,9-11H2,1-2H3,(H,16,20)(H,17,19). The number of nitrogens with one attached hydrogen (secondary N) is 2. The molecule has 0 spiro atoms. The zero-order chi connectivity index (χ0) is 15.7. The van der Waals surface area contributed by atoms with E-state index >= 15 is 0 Å². The van der Waals surface area contributed by atoms with E-state index in [1.165, 1.54) is 6.92 Å². The van der Waals surface area contributed by atoms with Gasteiger partial charge >= 0.3 is 0 Å². The molecule has 0 saturated carbocycles. The van der Waals surface area contributed by atoms with Gasteiger partial charge in [0.1, 0.15) is 6.04 Å². The van der Waals surface area contributed by atoms with E-state index in [2.05, 4.69) is 28.2 Å². The normalized spacial score (nSPS) is 11.6. The summed E-state index contributed by atoms with van der Waals surface area (Å²) in [5, 5.41) is 5.38. The van der Waals surface area contributed by atoms with Crippen LogP contribution in [0, 0.1) is 0 Å². The van der Waals surface area contributed by atoms with Crippen molar-refractivity contribution >= 4 is 30.1 Å². The van der Waals surface area contributed by atoms with Crippen molar-refractivity contribution in [3.63, 3.8) is 0 Å². The van der Waals surface area contributed by atoms with Crippen LogP contribution in [0.4, 0.5) is 5.69 Å². The summed E-state index contributed by atoms with van der Waals surface area (Å²) in [4.78, 5) is 24.9. The highest BCUT2D eigenvalue weighted by Gasteiger charge is 2.16. The molecule has 1 unspecified atom stereocenters. The molecule has 0 fully saturated rings. The Labute approximate surface area is 131 Å². The highest BCUT2D eigenvalue weighted by Crippen LogP contribution is 2.10. The van der Waals surface area contributed by atoms with Gasteiger partial charge in [-0.25, -0.2) is 0 Å². The molecule has 5 nitrogen and oxygen atoms in total. The molecule has 0 aliphatic rings. The Morgan fingerprint density at radius 2 is 1.95 bits per heavy atom. The third-order valence-electron chi connectivity index (χ3n) is 3.04. The molecular weight excluding hydrogens is 286 g/mol. The zero-order valence-electron chi connectivity index (χ0n) is 12.5. The average Bonchev–Trinajstić information content (AvgIpc) is 2.49. The first kappa shape index (κ1) is 17.4. The van der Waals surface area contributed by atoms with Crippen LogP contribution < -0.4 is 15.5 Å². The van der Waals surface area contributed by atoms with Crippen LogP contribution in [-0.2, 0) is 9.59 Å². The van der Waals surface area contributed by atoms with Gasteiger partial charge in [-0.3, -0.25) is 9.59 Å². The largest absolute Gasteiger partial charge is 0.375 e. The number of nitrogens with zero attached hydrogens (tertiary/aromatic N) is 1. The van der Waals surface area contributed by atoms with Crippen LogP contribution in [0.2, 0.25) is 0 Å². The number of carbonyl (C=O) groups is 2. The van der Waals surface area contributed by atoms with E-state index in [4.69, 9.17) is 0 Å². The molecule has 1 rings (SSSR count). The number of carbonyl (C=O) groups excluding carboxylic acids is 2. The van der Waals surface area contributed by atoms with Crippen LogP contribution in [0.3, 0.4) is 0 Å². The second-order valence-corrected chi connectivity index (χ2v) is 5.20. The minimum atomic E-state index is -0.572. The zero-order valence-corrected chi connectivity index (χ0v) is 13.4. The highest BCUT2D eigenvalue weighted by atomic mass is 32.1.